The summed E-state index contributed by atoms with van der Waals surface area (Å²) in [7, 11) is 0. The van der Waals surface area contributed by atoms with Crippen LogP contribution in [0.3, 0.4) is 0 Å². The van der Waals surface area contributed by atoms with E-state index in [4.69, 9.17) is 16.9 Å². The second-order valence-corrected chi connectivity index (χ2v) is 5.31. The maximum atomic E-state index is 15.0. The average molecular weight is 279 g/mol. The van der Waals surface area contributed by atoms with Gasteiger partial charge < -0.3 is 15.6 Å². The molecule has 2 heterocycles. The number of terminal acetylenes is 1. The molecule has 3 N–H and O–H groups in total. The Bertz CT molecular complexity index is 668. The van der Waals surface area contributed by atoms with Gasteiger partial charge in [0.1, 0.15) is 11.4 Å². The Balaban J connectivity index is 2.06. The van der Waals surface area contributed by atoms with Crippen LogP contribution < -0.4 is 11.4 Å². The van der Waals surface area contributed by atoms with Crippen LogP contribution in [0, 0.1) is 18.3 Å². The van der Waals surface area contributed by atoms with E-state index in [2.05, 4.69) is 10.9 Å². The predicted molar refractivity (Wildman–Crippen MR) is 68.2 cm³/mol. The van der Waals surface area contributed by atoms with Crippen molar-refractivity contribution in [3.8, 4) is 12.3 Å². The number of aliphatic hydroxyl groups is 1. The molecule has 1 aliphatic heterocycles. The summed E-state index contributed by atoms with van der Waals surface area (Å²) in [6.07, 6.45) is 4.75. The molecule has 3 rings (SSSR count). The molecule has 2 fully saturated rings. The van der Waals surface area contributed by atoms with Crippen LogP contribution >= 0.6 is 0 Å². The van der Waals surface area contributed by atoms with E-state index in [1.165, 1.54) is 19.2 Å². The van der Waals surface area contributed by atoms with Crippen LogP contribution in [0.15, 0.2) is 17.1 Å². The number of nitrogens with two attached hydrogens (primary N) is 1. The maximum Gasteiger partial charge on any atom is 0.351 e. The van der Waals surface area contributed by atoms with Gasteiger partial charge in [-0.3, -0.25) is 4.57 Å². The highest BCUT2D eigenvalue weighted by Gasteiger charge is 2.77. The van der Waals surface area contributed by atoms with E-state index in [9.17, 15) is 9.90 Å². The van der Waals surface area contributed by atoms with Crippen molar-refractivity contribution in [2.45, 2.75) is 36.9 Å². The van der Waals surface area contributed by atoms with Crippen molar-refractivity contribution in [2.24, 2.45) is 5.92 Å². The summed E-state index contributed by atoms with van der Waals surface area (Å²) >= 11 is 0. The molecule has 0 amide bonds. The lowest BCUT2D eigenvalue weighted by molar-refractivity contribution is -0.113. The Labute approximate surface area is 114 Å². The Morgan fingerprint density at radius 3 is 3.05 bits per heavy atom. The fourth-order valence-corrected chi connectivity index (χ4v) is 2.96. The molecule has 20 heavy (non-hydrogen) atoms. The molecule has 1 aromatic rings. The number of nitrogen functional groups attached to an aromatic ring is 1. The fourth-order valence-electron chi connectivity index (χ4n) is 2.96. The van der Waals surface area contributed by atoms with Crippen molar-refractivity contribution >= 4 is 5.82 Å². The van der Waals surface area contributed by atoms with Crippen molar-refractivity contribution < 1.29 is 14.2 Å². The third-order valence-corrected chi connectivity index (χ3v) is 4.18. The van der Waals surface area contributed by atoms with Gasteiger partial charge in [0.05, 0.1) is 6.10 Å². The van der Waals surface area contributed by atoms with Gasteiger partial charge in [0.15, 0.2) is 6.23 Å². The highest BCUT2D eigenvalue weighted by Crippen LogP contribution is 2.66. The first-order chi connectivity index (χ1) is 9.35. The minimum Gasteiger partial charge on any atom is -0.390 e. The lowest BCUT2D eigenvalue weighted by atomic mass is 9.97. The largest absolute Gasteiger partial charge is 0.390 e. The molecule has 0 spiro atoms. The summed E-state index contributed by atoms with van der Waals surface area (Å²) in [6.45, 7) is 1.52. The molecule has 0 bridgehead atoms. The maximum absolute atomic E-state index is 15.0. The normalized spacial score (nSPS) is 39.9. The molecular formula is C13H14FN3O3. The molecule has 0 radical (unpaired) electrons. The number of nitrogens with zero attached hydrogens (tertiary/aromatic N) is 2. The van der Waals surface area contributed by atoms with Crippen LogP contribution in [0.4, 0.5) is 10.2 Å². The summed E-state index contributed by atoms with van der Waals surface area (Å²) in [5.74, 6) is 1.48. The lowest BCUT2D eigenvalue weighted by Crippen LogP contribution is -2.39. The van der Waals surface area contributed by atoms with Gasteiger partial charge in [0, 0.05) is 12.1 Å². The highest BCUT2D eigenvalue weighted by atomic mass is 19.1. The van der Waals surface area contributed by atoms with Gasteiger partial charge in [-0.1, -0.05) is 5.92 Å². The van der Waals surface area contributed by atoms with Gasteiger partial charge in [-0.2, -0.15) is 4.98 Å². The number of aromatic nitrogens is 2. The predicted octanol–water partition coefficient (Wildman–Crippen LogP) is -0.165. The molecule has 1 saturated carbocycles. The van der Waals surface area contributed by atoms with E-state index >= 15 is 4.39 Å². The summed E-state index contributed by atoms with van der Waals surface area (Å²) in [5.41, 5.74) is 1.48. The molecule has 2 aliphatic rings. The van der Waals surface area contributed by atoms with Crippen molar-refractivity contribution in [1.29, 1.82) is 0 Å². The van der Waals surface area contributed by atoms with Gasteiger partial charge in [0.25, 0.3) is 0 Å². The van der Waals surface area contributed by atoms with Gasteiger partial charge in [-0.05, 0) is 19.4 Å². The lowest BCUT2D eigenvalue weighted by Gasteiger charge is -2.26. The molecule has 6 nitrogen and oxygen atoms in total. The van der Waals surface area contributed by atoms with Crippen LogP contribution in [0.25, 0.3) is 0 Å². The molecule has 106 valence electrons. The Hall–Kier alpha value is -1.91. The van der Waals surface area contributed by atoms with Crippen LogP contribution in [0.2, 0.25) is 0 Å². The molecule has 1 saturated heterocycles. The molecule has 1 aliphatic carbocycles. The SMILES string of the molecule is C#CC1(F)C2C[C@]2([C@H](C)O)O[C@H]1n1ccc(N)nc1=O. The van der Waals surface area contributed by atoms with Crippen molar-refractivity contribution in [3.05, 3.63) is 22.7 Å². The summed E-state index contributed by atoms with van der Waals surface area (Å²) in [4.78, 5) is 15.4. The van der Waals surface area contributed by atoms with E-state index in [0.717, 1.165) is 4.57 Å². The van der Waals surface area contributed by atoms with Crippen LogP contribution in [-0.4, -0.2) is 32.0 Å². The van der Waals surface area contributed by atoms with Crippen molar-refractivity contribution in [1.82, 2.24) is 9.55 Å². The van der Waals surface area contributed by atoms with E-state index in [-0.39, 0.29) is 5.82 Å². The number of hydrogen-bond acceptors (Lipinski definition) is 5. The summed E-state index contributed by atoms with van der Waals surface area (Å²) in [5, 5.41) is 9.78. The fraction of sp³-hybridized carbons (Fsp3) is 0.538. The quantitative estimate of drug-likeness (QED) is 0.734. The van der Waals surface area contributed by atoms with E-state index < -0.39 is 35.2 Å². The first-order valence-electron chi connectivity index (χ1n) is 6.22. The molecular weight excluding hydrogens is 265 g/mol. The second kappa shape index (κ2) is 3.81. The number of alkyl halides is 1. The smallest absolute Gasteiger partial charge is 0.351 e. The average Bonchev–Trinajstić information content (AvgIpc) is 3.07. The van der Waals surface area contributed by atoms with Crippen LogP contribution in [-0.2, 0) is 4.74 Å². The van der Waals surface area contributed by atoms with E-state index in [1.54, 1.807) is 0 Å². The minimum atomic E-state index is -2.15. The molecule has 7 heteroatoms. The van der Waals surface area contributed by atoms with E-state index in [1.807, 2.05) is 0 Å². The molecule has 1 aromatic heterocycles. The standard InChI is InChI=1S/C13H14FN3O3/c1-3-12(14)8-6-13(8,7(2)18)20-10(12)17-5-4-9(15)16-11(17)19/h1,4-5,7-8,10,18H,6H2,2H3,(H2,15,16,19)/t7-,8?,10+,12?,13+/m0/s1. The third-order valence-electron chi connectivity index (χ3n) is 4.18. The van der Waals surface area contributed by atoms with Crippen LogP contribution in [0.1, 0.15) is 19.6 Å². The van der Waals surface area contributed by atoms with Gasteiger partial charge in [-0.25, -0.2) is 9.18 Å². The highest BCUT2D eigenvalue weighted by molar-refractivity contribution is 5.32. The summed E-state index contributed by atoms with van der Waals surface area (Å²) in [6, 6.07) is 1.36. The molecule has 0 aromatic carbocycles. The number of anilines is 1. The second-order valence-electron chi connectivity index (χ2n) is 5.31. The van der Waals surface area contributed by atoms with Gasteiger partial charge in [0.2, 0.25) is 5.67 Å². The molecule has 5 atom stereocenters. The van der Waals surface area contributed by atoms with E-state index in [0.29, 0.717) is 6.42 Å². The Morgan fingerprint density at radius 1 is 1.80 bits per heavy atom. The number of fused-ring (bicyclic) bond motifs is 1. The van der Waals surface area contributed by atoms with Gasteiger partial charge in [-0.15, -0.1) is 6.42 Å². The molecule has 2 unspecified atom stereocenters. The number of rotatable bonds is 2. The Morgan fingerprint density at radius 2 is 2.50 bits per heavy atom. The van der Waals surface area contributed by atoms with Gasteiger partial charge >= 0.3 is 5.69 Å². The monoisotopic (exact) mass is 279 g/mol. The zero-order chi connectivity index (χ0) is 14.7. The van der Waals surface area contributed by atoms with Crippen LogP contribution in [0.5, 0.6) is 0 Å². The van der Waals surface area contributed by atoms with Crippen molar-refractivity contribution in [2.75, 3.05) is 5.73 Å². The third kappa shape index (κ3) is 1.46. The number of ether oxygens (including phenoxy) is 1. The summed E-state index contributed by atoms with van der Waals surface area (Å²) < 4.78 is 21.6. The number of halogens is 1. The number of aliphatic hydroxyl groups excluding tert-OH is 1. The number of hydrogen-bond donors (Lipinski definition) is 2. The zero-order valence-electron chi connectivity index (χ0n) is 10.8. The first-order valence-corrected chi connectivity index (χ1v) is 6.22. The first kappa shape index (κ1) is 13.1. The Kier molecular flexibility index (Phi) is 2.49. The topological polar surface area (TPSA) is 90.4 Å². The minimum absolute atomic E-state index is 0.0322. The van der Waals surface area contributed by atoms with Crippen molar-refractivity contribution in [3.63, 3.8) is 0 Å². The zero-order valence-corrected chi connectivity index (χ0v) is 10.8.